The molecule has 1 heterocycles. The van der Waals surface area contributed by atoms with Crippen LogP contribution in [0.2, 0.25) is 0 Å². The monoisotopic (exact) mass is 193 g/mol. The van der Waals surface area contributed by atoms with Crippen LogP contribution < -0.4 is 5.73 Å². The maximum Gasteiger partial charge on any atom is 0.125 e. The molecule has 1 aliphatic rings. The molecule has 0 saturated carbocycles. The van der Waals surface area contributed by atoms with E-state index in [9.17, 15) is 0 Å². The Hall–Kier alpha value is -0.990. The SMILES string of the molecule is CC(C)Cn1nc2c(c1N)CCCC2. The van der Waals surface area contributed by atoms with E-state index in [0.717, 1.165) is 25.2 Å². The van der Waals surface area contributed by atoms with E-state index >= 15 is 0 Å². The first kappa shape index (κ1) is 9.56. The highest BCUT2D eigenvalue weighted by Crippen LogP contribution is 2.25. The average Bonchev–Trinajstić information content (AvgIpc) is 2.44. The first-order chi connectivity index (χ1) is 6.68. The molecule has 2 N–H and O–H groups in total. The molecule has 1 aromatic heterocycles. The number of fused-ring (bicyclic) bond motifs is 1. The van der Waals surface area contributed by atoms with Crippen LogP contribution in [-0.4, -0.2) is 9.78 Å². The largest absolute Gasteiger partial charge is 0.384 e. The van der Waals surface area contributed by atoms with Gasteiger partial charge in [0.15, 0.2) is 0 Å². The highest BCUT2D eigenvalue weighted by molar-refractivity contribution is 5.44. The van der Waals surface area contributed by atoms with Crippen molar-refractivity contribution in [1.82, 2.24) is 9.78 Å². The Morgan fingerprint density at radius 2 is 2.07 bits per heavy atom. The van der Waals surface area contributed by atoms with Gasteiger partial charge in [0.05, 0.1) is 5.69 Å². The number of nitrogens with two attached hydrogens (primary N) is 1. The lowest BCUT2D eigenvalue weighted by atomic mass is 9.98. The molecule has 0 aliphatic heterocycles. The summed E-state index contributed by atoms with van der Waals surface area (Å²) in [5, 5.41) is 4.58. The van der Waals surface area contributed by atoms with Crippen LogP contribution in [0.25, 0.3) is 0 Å². The summed E-state index contributed by atoms with van der Waals surface area (Å²) in [6.07, 6.45) is 4.78. The predicted octanol–water partition coefficient (Wildman–Crippen LogP) is 2.00. The molecule has 2 rings (SSSR count). The zero-order valence-electron chi connectivity index (χ0n) is 9.08. The van der Waals surface area contributed by atoms with Crippen molar-refractivity contribution in [1.29, 1.82) is 0 Å². The van der Waals surface area contributed by atoms with E-state index in [2.05, 4.69) is 18.9 Å². The Kier molecular flexibility index (Phi) is 2.48. The number of rotatable bonds is 2. The molecule has 1 aromatic rings. The van der Waals surface area contributed by atoms with Crippen molar-refractivity contribution in [3.63, 3.8) is 0 Å². The second kappa shape index (κ2) is 3.64. The van der Waals surface area contributed by atoms with Gasteiger partial charge < -0.3 is 5.73 Å². The molecule has 0 saturated heterocycles. The van der Waals surface area contributed by atoms with Gasteiger partial charge in [-0.15, -0.1) is 0 Å². The third kappa shape index (κ3) is 1.63. The number of nitrogens with zero attached hydrogens (tertiary/aromatic N) is 2. The lowest BCUT2D eigenvalue weighted by Gasteiger charge is -2.09. The maximum absolute atomic E-state index is 6.07. The fraction of sp³-hybridized carbons (Fsp3) is 0.727. The summed E-state index contributed by atoms with van der Waals surface area (Å²) < 4.78 is 1.99. The van der Waals surface area contributed by atoms with Gasteiger partial charge in [-0.3, -0.25) is 0 Å². The molecule has 0 atom stereocenters. The molecule has 3 heteroatoms. The molecule has 0 radical (unpaired) electrons. The van der Waals surface area contributed by atoms with Gasteiger partial charge >= 0.3 is 0 Å². The lowest BCUT2D eigenvalue weighted by molar-refractivity contribution is 0.484. The van der Waals surface area contributed by atoms with Crippen molar-refractivity contribution >= 4 is 5.82 Å². The molecule has 0 bridgehead atoms. The molecule has 0 amide bonds. The van der Waals surface area contributed by atoms with Crippen LogP contribution in [0.3, 0.4) is 0 Å². The van der Waals surface area contributed by atoms with Crippen molar-refractivity contribution in [2.75, 3.05) is 5.73 Å². The molecule has 14 heavy (non-hydrogen) atoms. The van der Waals surface area contributed by atoms with Crippen molar-refractivity contribution in [3.8, 4) is 0 Å². The first-order valence-corrected chi connectivity index (χ1v) is 5.52. The topological polar surface area (TPSA) is 43.8 Å². The van der Waals surface area contributed by atoms with E-state index in [0.29, 0.717) is 5.92 Å². The summed E-state index contributed by atoms with van der Waals surface area (Å²) in [6.45, 7) is 5.33. The summed E-state index contributed by atoms with van der Waals surface area (Å²) in [5.74, 6) is 1.52. The van der Waals surface area contributed by atoms with Gasteiger partial charge in [0.25, 0.3) is 0 Å². The van der Waals surface area contributed by atoms with Gasteiger partial charge in [-0.05, 0) is 31.6 Å². The lowest BCUT2D eigenvalue weighted by Crippen LogP contribution is -2.09. The number of aromatic nitrogens is 2. The van der Waals surface area contributed by atoms with Crippen molar-refractivity contribution in [3.05, 3.63) is 11.3 Å². The first-order valence-electron chi connectivity index (χ1n) is 5.52. The van der Waals surface area contributed by atoms with E-state index in [1.165, 1.54) is 24.1 Å². The summed E-state index contributed by atoms with van der Waals surface area (Å²) in [7, 11) is 0. The number of nitrogen functional groups attached to an aromatic ring is 1. The quantitative estimate of drug-likeness (QED) is 0.780. The van der Waals surface area contributed by atoms with E-state index < -0.39 is 0 Å². The molecular weight excluding hydrogens is 174 g/mol. The highest BCUT2D eigenvalue weighted by atomic mass is 15.3. The Morgan fingerprint density at radius 3 is 2.71 bits per heavy atom. The fourth-order valence-corrected chi connectivity index (χ4v) is 2.12. The summed E-state index contributed by atoms with van der Waals surface area (Å²) in [5.41, 5.74) is 8.63. The van der Waals surface area contributed by atoms with Gasteiger partial charge in [-0.1, -0.05) is 13.8 Å². The Bertz CT molecular complexity index is 326. The van der Waals surface area contributed by atoms with Crippen LogP contribution in [0.5, 0.6) is 0 Å². The van der Waals surface area contributed by atoms with Crippen LogP contribution in [0.4, 0.5) is 5.82 Å². The molecule has 0 spiro atoms. The Balaban J connectivity index is 2.29. The number of aryl methyl sites for hydroxylation is 1. The zero-order valence-corrected chi connectivity index (χ0v) is 9.08. The molecule has 3 nitrogen and oxygen atoms in total. The van der Waals surface area contributed by atoms with E-state index in [4.69, 9.17) is 5.73 Å². The van der Waals surface area contributed by atoms with Crippen molar-refractivity contribution in [2.45, 2.75) is 46.1 Å². The van der Waals surface area contributed by atoms with Gasteiger partial charge in [0.2, 0.25) is 0 Å². The average molecular weight is 193 g/mol. The second-order valence-corrected chi connectivity index (χ2v) is 4.59. The normalized spacial score (nSPS) is 15.9. The molecular formula is C11H19N3. The van der Waals surface area contributed by atoms with E-state index in [1.54, 1.807) is 0 Å². The highest BCUT2D eigenvalue weighted by Gasteiger charge is 2.18. The number of hydrogen-bond acceptors (Lipinski definition) is 2. The standard InChI is InChI=1S/C11H19N3/c1-8(2)7-14-11(12)9-5-3-4-6-10(9)13-14/h8H,3-7,12H2,1-2H3. The minimum atomic E-state index is 0.610. The van der Waals surface area contributed by atoms with Gasteiger partial charge in [-0.2, -0.15) is 5.10 Å². The van der Waals surface area contributed by atoms with Gasteiger partial charge in [0.1, 0.15) is 5.82 Å². The van der Waals surface area contributed by atoms with Crippen LogP contribution >= 0.6 is 0 Å². The van der Waals surface area contributed by atoms with Crippen LogP contribution in [0, 0.1) is 5.92 Å². The summed E-state index contributed by atoms with van der Waals surface area (Å²) in [6, 6.07) is 0. The summed E-state index contributed by atoms with van der Waals surface area (Å²) >= 11 is 0. The van der Waals surface area contributed by atoms with E-state index in [1.807, 2.05) is 4.68 Å². The second-order valence-electron chi connectivity index (χ2n) is 4.59. The van der Waals surface area contributed by atoms with Crippen LogP contribution in [-0.2, 0) is 19.4 Å². The zero-order chi connectivity index (χ0) is 10.1. The predicted molar refractivity (Wildman–Crippen MR) is 58.1 cm³/mol. The smallest absolute Gasteiger partial charge is 0.125 e. The third-order valence-corrected chi connectivity index (χ3v) is 2.81. The van der Waals surface area contributed by atoms with Crippen molar-refractivity contribution < 1.29 is 0 Å². The molecule has 0 unspecified atom stereocenters. The molecule has 0 aromatic carbocycles. The van der Waals surface area contributed by atoms with Crippen molar-refractivity contribution in [2.24, 2.45) is 5.92 Å². The minimum Gasteiger partial charge on any atom is -0.384 e. The molecule has 78 valence electrons. The molecule has 1 aliphatic carbocycles. The molecule has 0 fully saturated rings. The maximum atomic E-state index is 6.07. The van der Waals surface area contributed by atoms with Crippen LogP contribution in [0.15, 0.2) is 0 Å². The number of anilines is 1. The summed E-state index contributed by atoms with van der Waals surface area (Å²) in [4.78, 5) is 0. The minimum absolute atomic E-state index is 0.610. The van der Waals surface area contributed by atoms with Crippen LogP contribution in [0.1, 0.15) is 37.9 Å². The Morgan fingerprint density at radius 1 is 1.36 bits per heavy atom. The third-order valence-electron chi connectivity index (χ3n) is 2.81. The fourth-order valence-electron chi connectivity index (χ4n) is 2.12. The van der Waals surface area contributed by atoms with Gasteiger partial charge in [-0.25, -0.2) is 4.68 Å². The number of hydrogen-bond donors (Lipinski definition) is 1. The van der Waals surface area contributed by atoms with E-state index in [-0.39, 0.29) is 0 Å². The van der Waals surface area contributed by atoms with Gasteiger partial charge in [0, 0.05) is 12.1 Å². The Labute approximate surface area is 85.3 Å².